The molecule has 2 N–H and O–H groups in total. The second-order valence-electron chi connectivity index (χ2n) is 3.59. The van der Waals surface area contributed by atoms with Crippen LogP contribution in [0.1, 0.15) is 6.23 Å². The van der Waals surface area contributed by atoms with E-state index < -0.39 is 35.4 Å². The van der Waals surface area contributed by atoms with Gasteiger partial charge in [-0.1, -0.05) is 27.6 Å². The molecule has 0 aliphatic carbocycles. The molecule has 0 saturated carbocycles. The van der Waals surface area contributed by atoms with Crippen LogP contribution in [-0.2, 0) is 4.74 Å². The second kappa shape index (κ2) is 4.84. The number of nitro groups is 1. The van der Waals surface area contributed by atoms with E-state index in [-0.39, 0.29) is 0 Å². The van der Waals surface area contributed by atoms with Crippen molar-refractivity contribution in [1.82, 2.24) is 9.55 Å². The van der Waals surface area contributed by atoms with Gasteiger partial charge in [0.1, 0.15) is 24.6 Å². The zero-order valence-corrected chi connectivity index (χ0v) is 10.7. The summed E-state index contributed by atoms with van der Waals surface area (Å²) in [4.78, 5) is 13.6. The first kappa shape index (κ1) is 12.7. The molecule has 94 valence electrons. The lowest BCUT2D eigenvalue weighted by molar-refractivity contribution is -0.398. The lowest BCUT2D eigenvalue weighted by atomic mass is 10.1. The van der Waals surface area contributed by atoms with Crippen molar-refractivity contribution in [3.8, 4) is 0 Å². The summed E-state index contributed by atoms with van der Waals surface area (Å²) >= 11 is 2.01. The standard InChI is InChI=1S/C8H10IN3O5/c9-3-4-5(13)6(14)7(17-4)11-2-1-10-8(11)12(15)16/h1-2,4-7,13-14H,3H2/t4-,5-,6+,7+/m1/s1/i9-4. The molecule has 1 aliphatic heterocycles. The summed E-state index contributed by atoms with van der Waals surface area (Å²) in [5.74, 6) is -0.421. The summed E-state index contributed by atoms with van der Waals surface area (Å²) in [6, 6.07) is 0. The average Bonchev–Trinajstić information content (AvgIpc) is 2.86. The van der Waals surface area contributed by atoms with E-state index in [1.165, 1.54) is 12.4 Å². The summed E-state index contributed by atoms with van der Waals surface area (Å²) < 4.78 is 6.97. The quantitative estimate of drug-likeness (QED) is 0.339. The number of aliphatic hydroxyl groups is 2. The minimum atomic E-state index is -1.21. The van der Waals surface area contributed by atoms with E-state index >= 15 is 0 Å². The molecule has 1 aliphatic rings. The van der Waals surface area contributed by atoms with Gasteiger partial charge in [-0.15, -0.1) is 0 Å². The van der Waals surface area contributed by atoms with Gasteiger partial charge in [-0.05, 0) is 4.92 Å². The van der Waals surface area contributed by atoms with Crippen molar-refractivity contribution in [1.29, 1.82) is 0 Å². The van der Waals surface area contributed by atoms with E-state index in [9.17, 15) is 20.3 Å². The number of imidazole rings is 1. The number of halogens is 1. The van der Waals surface area contributed by atoms with Crippen LogP contribution in [0.5, 0.6) is 0 Å². The van der Waals surface area contributed by atoms with Crippen LogP contribution in [0.2, 0.25) is 0 Å². The Morgan fingerprint density at radius 1 is 1.59 bits per heavy atom. The van der Waals surface area contributed by atoms with Gasteiger partial charge in [-0.2, -0.15) is 4.57 Å². The molecule has 0 bridgehead atoms. The highest BCUT2D eigenvalue weighted by Crippen LogP contribution is 2.32. The third-order valence-corrected chi connectivity index (χ3v) is 3.44. The number of aliphatic hydroxyl groups excluding tert-OH is 2. The molecule has 0 radical (unpaired) electrons. The van der Waals surface area contributed by atoms with Gasteiger partial charge >= 0.3 is 5.95 Å². The zero-order valence-electron chi connectivity index (χ0n) is 8.51. The zero-order chi connectivity index (χ0) is 12.6. The fraction of sp³-hybridized carbons (Fsp3) is 0.625. The summed E-state index contributed by atoms with van der Waals surface area (Å²) in [6.45, 7) is 0. The van der Waals surface area contributed by atoms with Gasteiger partial charge in [0.25, 0.3) is 0 Å². The molecule has 4 atom stereocenters. The predicted molar refractivity (Wildman–Crippen MR) is 63.7 cm³/mol. The van der Waals surface area contributed by atoms with Gasteiger partial charge < -0.3 is 25.1 Å². The van der Waals surface area contributed by atoms with Gasteiger partial charge in [0.15, 0.2) is 0 Å². The Kier molecular flexibility index (Phi) is 3.61. The molecule has 8 nitrogen and oxygen atoms in total. The van der Waals surface area contributed by atoms with Crippen molar-refractivity contribution in [2.45, 2.75) is 24.5 Å². The van der Waals surface area contributed by atoms with Crippen LogP contribution in [0.25, 0.3) is 0 Å². The molecule has 1 fully saturated rings. The maximum absolute atomic E-state index is 10.7. The first-order valence-corrected chi connectivity index (χ1v) is 6.33. The van der Waals surface area contributed by atoms with E-state index in [1.807, 2.05) is 22.6 Å². The van der Waals surface area contributed by atoms with Crippen molar-refractivity contribution >= 4 is 28.5 Å². The Balaban J connectivity index is 2.29. The summed E-state index contributed by atoms with van der Waals surface area (Å²) in [7, 11) is 0. The van der Waals surface area contributed by atoms with Gasteiger partial charge in [0.05, 0.1) is 6.10 Å². The molecule has 0 unspecified atom stereocenters. The Bertz CT molecular complexity index is 425. The number of rotatable bonds is 3. The highest BCUT2D eigenvalue weighted by molar-refractivity contribution is 14.1. The van der Waals surface area contributed by atoms with Crippen LogP contribution in [0.3, 0.4) is 0 Å². The number of ether oxygens (including phenoxy) is 1. The predicted octanol–water partition coefficient (Wildman–Crippen LogP) is -0.155. The molecular weight excluding hydrogens is 341 g/mol. The molecule has 1 aromatic rings. The second-order valence-corrected chi connectivity index (χ2v) is 4.47. The fourth-order valence-corrected chi connectivity index (χ4v) is 2.46. The Morgan fingerprint density at radius 3 is 2.82 bits per heavy atom. The lowest BCUT2D eigenvalue weighted by Gasteiger charge is -2.13. The van der Waals surface area contributed by atoms with Gasteiger partial charge in [-0.25, -0.2) is 0 Å². The van der Waals surface area contributed by atoms with Crippen LogP contribution in [-0.4, -0.2) is 47.4 Å². The van der Waals surface area contributed by atoms with Crippen LogP contribution in [0, 0.1) is 10.1 Å². The molecule has 1 aromatic heterocycles. The maximum Gasteiger partial charge on any atom is 0.436 e. The fourth-order valence-electron chi connectivity index (χ4n) is 1.73. The molecule has 2 heterocycles. The third kappa shape index (κ3) is 2.14. The monoisotopic (exact) mass is 351 g/mol. The molecule has 9 heteroatoms. The number of alkyl halides is 1. The topological polar surface area (TPSA) is 111 Å². The van der Waals surface area contributed by atoms with E-state index in [0.717, 1.165) is 4.57 Å². The summed E-state index contributed by atoms with van der Waals surface area (Å²) in [5, 5.41) is 30.2. The number of hydrogen-bond acceptors (Lipinski definition) is 6. The maximum atomic E-state index is 10.7. The Hall–Kier alpha value is -0.780. The van der Waals surface area contributed by atoms with E-state index in [0.29, 0.717) is 4.43 Å². The summed E-state index contributed by atoms with van der Waals surface area (Å²) in [5.41, 5.74) is 0. The van der Waals surface area contributed by atoms with E-state index in [4.69, 9.17) is 4.74 Å². The van der Waals surface area contributed by atoms with Gasteiger partial charge in [0.2, 0.25) is 6.23 Å². The van der Waals surface area contributed by atoms with Crippen molar-refractivity contribution in [2.75, 3.05) is 4.43 Å². The first-order valence-electron chi connectivity index (χ1n) is 4.81. The molecule has 0 spiro atoms. The number of hydrogen-bond donors (Lipinski definition) is 2. The Morgan fingerprint density at radius 2 is 2.29 bits per heavy atom. The minimum absolute atomic E-state index is 0.421. The van der Waals surface area contributed by atoms with Crippen molar-refractivity contribution in [2.24, 2.45) is 0 Å². The SMILES string of the molecule is O=[N+]([O-])c1nccn1[C@H]1O[C@H](C[123I])[C@@H](O)[C@@H]1O. The Labute approximate surface area is 110 Å². The molecule has 0 amide bonds. The van der Waals surface area contributed by atoms with E-state index in [2.05, 4.69) is 4.98 Å². The largest absolute Gasteiger partial charge is 0.436 e. The van der Waals surface area contributed by atoms with Crippen LogP contribution >= 0.6 is 22.6 Å². The van der Waals surface area contributed by atoms with Crippen LogP contribution < -0.4 is 0 Å². The highest BCUT2D eigenvalue weighted by atomic mass is 123. The normalized spacial score (nSPS) is 32.9. The first-order chi connectivity index (χ1) is 8.06. The smallest absolute Gasteiger partial charge is 0.390 e. The number of nitrogens with zero attached hydrogens (tertiary/aromatic N) is 3. The van der Waals surface area contributed by atoms with E-state index in [1.54, 1.807) is 0 Å². The summed E-state index contributed by atoms with van der Waals surface area (Å²) in [6.07, 6.45) is -1.20. The van der Waals surface area contributed by atoms with Crippen molar-refractivity contribution in [3.63, 3.8) is 0 Å². The molecular formula is C8H10IN3O5. The van der Waals surface area contributed by atoms with Crippen LogP contribution in [0.4, 0.5) is 5.95 Å². The minimum Gasteiger partial charge on any atom is -0.390 e. The average molecular weight is 351 g/mol. The molecule has 17 heavy (non-hydrogen) atoms. The van der Waals surface area contributed by atoms with Crippen LogP contribution in [0.15, 0.2) is 12.4 Å². The third-order valence-electron chi connectivity index (χ3n) is 2.57. The molecule has 1 saturated heterocycles. The van der Waals surface area contributed by atoms with Gasteiger partial charge in [0, 0.05) is 4.43 Å². The molecule has 0 aromatic carbocycles. The van der Waals surface area contributed by atoms with Gasteiger partial charge in [-0.3, -0.25) is 0 Å². The van der Waals surface area contributed by atoms with Crippen molar-refractivity contribution in [3.05, 3.63) is 22.5 Å². The highest BCUT2D eigenvalue weighted by Gasteiger charge is 2.46. The number of aromatic nitrogens is 2. The van der Waals surface area contributed by atoms with Crippen molar-refractivity contribution < 1.29 is 19.9 Å². The molecule has 2 rings (SSSR count). The lowest BCUT2D eigenvalue weighted by Crippen LogP contribution is -2.32.